The fourth-order valence-electron chi connectivity index (χ4n) is 4.73. The highest BCUT2D eigenvalue weighted by molar-refractivity contribution is 5.99. The molecule has 0 aromatic carbocycles. The molecule has 2 N–H and O–H groups in total. The Morgan fingerprint density at radius 3 is 2.44 bits per heavy atom. The molecule has 4 nitrogen and oxygen atoms in total. The van der Waals surface area contributed by atoms with Gasteiger partial charge >= 0.3 is 5.97 Å². The van der Waals surface area contributed by atoms with E-state index in [4.69, 9.17) is 0 Å². The van der Waals surface area contributed by atoms with Crippen LogP contribution in [0, 0.1) is 17.8 Å². The average molecular weight is 343 g/mol. The number of fused-ring (bicyclic) bond motifs is 1. The summed E-state index contributed by atoms with van der Waals surface area (Å²) in [5, 5.41) is 12.7. The Balaban J connectivity index is 1.88. The van der Waals surface area contributed by atoms with E-state index in [9.17, 15) is 14.7 Å². The number of carboxylic acids is 1. The molecule has 3 aliphatic rings. The van der Waals surface area contributed by atoms with Crippen LogP contribution in [0.2, 0.25) is 0 Å². The topological polar surface area (TPSA) is 66.4 Å². The van der Waals surface area contributed by atoms with Gasteiger partial charge in [0.05, 0.1) is 5.92 Å². The lowest BCUT2D eigenvalue weighted by Gasteiger charge is -2.35. The minimum atomic E-state index is -0.860. The van der Waals surface area contributed by atoms with Crippen molar-refractivity contribution in [2.45, 2.75) is 57.4 Å². The van der Waals surface area contributed by atoms with Gasteiger partial charge in [-0.15, -0.1) is 0 Å². The predicted octanol–water partition coefficient (Wildman–Crippen LogP) is 3.65. The molecule has 2 fully saturated rings. The lowest BCUT2D eigenvalue weighted by molar-refractivity contribution is -0.142. The number of Topliss-reactive ketones (excluding diaryl/α,β-unsaturated/α-hetero) is 1. The second-order valence-corrected chi connectivity index (χ2v) is 7.79. The molecule has 0 saturated heterocycles. The van der Waals surface area contributed by atoms with Crippen LogP contribution in [-0.2, 0) is 9.59 Å². The predicted molar refractivity (Wildman–Crippen MR) is 98.2 cm³/mol. The second kappa shape index (κ2) is 7.69. The number of aliphatic carboxylic acids is 1. The van der Waals surface area contributed by atoms with E-state index < -0.39 is 11.9 Å². The van der Waals surface area contributed by atoms with Crippen LogP contribution in [0.5, 0.6) is 0 Å². The highest BCUT2D eigenvalue weighted by atomic mass is 16.4. The molecule has 0 radical (unpaired) electrons. The number of rotatable bonds is 3. The molecule has 0 aliphatic heterocycles. The maximum Gasteiger partial charge on any atom is 0.308 e. The fraction of sp³-hybridized carbons (Fsp3) is 0.619. The van der Waals surface area contributed by atoms with Crippen LogP contribution in [0.4, 0.5) is 0 Å². The molecule has 0 aromatic heterocycles. The van der Waals surface area contributed by atoms with Crippen molar-refractivity contribution in [1.82, 2.24) is 5.32 Å². The Hall–Kier alpha value is -1.68. The first-order valence-electron chi connectivity index (χ1n) is 9.52. The van der Waals surface area contributed by atoms with Crippen LogP contribution in [-0.4, -0.2) is 29.9 Å². The number of allylic oxidation sites excluding steroid dienone is 4. The van der Waals surface area contributed by atoms with Gasteiger partial charge in [-0.1, -0.05) is 49.1 Å². The third-order valence-corrected chi connectivity index (χ3v) is 6.29. The quantitative estimate of drug-likeness (QED) is 0.768. The van der Waals surface area contributed by atoms with Crippen LogP contribution in [0.1, 0.15) is 51.4 Å². The second-order valence-electron chi connectivity index (χ2n) is 7.79. The summed E-state index contributed by atoms with van der Waals surface area (Å²) < 4.78 is 0. The van der Waals surface area contributed by atoms with E-state index in [0.29, 0.717) is 17.9 Å². The summed E-state index contributed by atoms with van der Waals surface area (Å²) in [6.07, 6.45) is 12.3. The SMILES string of the molecule is C=C1C[C@H](C(=O)O)C(NC)CC2=CC=C(C3CCCCC3)C[C@@H]2C1=O. The summed E-state index contributed by atoms with van der Waals surface area (Å²) in [7, 11) is 1.80. The molecular weight excluding hydrogens is 314 g/mol. The van der Waals surface area contributed by atoms with Crippen LogP contribution >= 0.6 is 0 Å². The smallest absolute Gasteiger partial charge is 0.308 e. The average Bonchev–Trinajstić information content (AvgIpc) is 2.63. The molecule has 136 valence electrons. The van der Waals surface area contributed by atoms with Gasteiger partial charge in [-0.3, -0.25) is 9.59 Å². The monoisotopic (exact) mass is 343 g/mol. The Morgan fingerprint density at radius 2 is 1.80 bits per heavy atom. The Bertz CT molecular complexity index is 625. The van der Waals surface area contributed by atoms with Gasteiger partial charge in [-0.2, -0.15) is 0 Å². The number of ketones is 1. The van der Waals surface area contributed by atoms with Gasteiger partial charge in [0.25, 0.3) is 0 Å². The van der Waals surface area contributed by atoms with Gasteiger partial charge in [-0.25, -0.2) is 0 Å². The molecule has 1 unspecified atom stereocenters. The molecule has 0 bridgehead atoms. The first-order chi connectivity index (χ1) is 12.0. The number of carboxylic acid groups (broad SMARTS) is 1. The Morgan fingerprint density at radius 1 is 1.12 bits per heavy atom. The number of hydrogen-bond donors (Lipinski definition) is 2. The van der Waals surface area contributed by atoms with E-state index >= 15 is 0 Å². The van der Waals surface area contributed by atoms with Crippen molar-refractivity contribution in [3.8, 4) is 0 Å². The van der Waals surface area contributed by atoms with Crippen molar-refractivity contribution in [1.29, 1.82) is 0 Å². The van der Waals surface area contributed by atoms with Crippen molar-refractivity contribution >= 4 is 11.8 Å². The Labute approximate surface area is 150 Å². The van der Waals surface area contributed by atoms with Crippen molar-refractivity contribution in [2.24, 2.45) is 17.8 Å². The van der Waals surface area contributed by atoms with Gasteiger partial charge < -0.3 is 10.4 Å². The third-order valence-electron chi connectivity index (χ3n) is 6.29. The minimum Gasteiger partial charge on any atom is -0.481 e. The molecular formula is C21H29NO3. The largest absolute Gasteiger partial charge is 0.481 e. The highest BCUT2D eigenvalue weighted by Crippen LogP contribution is 2.41. The van der Waals surface area contributed by atoms with Gasteiger partial charge in [0.2, 0.25) is 0 Å². The number of nitrogens with one attached hydrogen (secondary N) is 1. The first kappa shape index (κ1) is 18.1. The summed E-state index contributed by atoms with van der Waals surface area (Å²) in [5.41, 5.74) is 2.94. The molecule has 0 spiro atoms. The number of carbonyl (C=O) groups is 2. The van der Waals surface area contributed by atoms with Crippen molar-refractivity contribution < 1.29 is 14.7 Å². The normalized spacial score (nSPS) is 31.5. The van der Waals surface area contributed by atoms with E-state index in [2.05, 4.69) is 24.0 Å². The highest BCUT2D eigenvalue weighted by Gasteiger charge is 2.38. The van der Waals surface area contributed by atoms with Gasteiger partial charge in [0.1, 0.15) is 0 Å². The summed E-state index contributed by atoms with van der Waals surface area (Å²) in [6.45, 7) is 3.94. The summed E-state index contributed by atoms with van der Waals surface area (Å²) >= 11 is 0. The molecule has 0 amide bonds. The maximum absolute atomic E-state index is 12.9. The van der Waals surface area contributed by atoms with Crippen molar-refractivity contribution in [3.05, 3.63) is 35.5 Å². The lowest BCUT2D eigenvalue weighted by atomic mass is 9.70. The lowest BCUT2D eigenvalue weighted by Crippen LogP contribution is -2.42. The van der Waals surface area contributed by atoms with E-state index in [-0.39, 0.29) is 24.2 Å². The van der Waals surface area contributed by atoms with Crippen molar-refractivity contribution in [2.75, 3.05) is 7.05 Å². The summed E-state index contributed by atoms with van der Waals surface area (Å²) in [6, 6.07) is -0.166. The molecule has 3 atom stereocenters. The van der Waals surface area contributed by atoms with Crippen LogP contribution in [0.25, 0.3) is 0 Å². The van der Waals surface area contributed by atoms with Crippen LogP contribution in [0.15, 0.2) is 35.5 Å². The van der Waals surface area contributed by atoms with E-state index in [1.54, 1.807) is 7.05 Å². The third kappa shape index (κ3) is 3.79. The summed E-state index contributed by atoms with van der Waals surface area (Å²) in [5.74, 6) is -0.938. The number of hydrogen-bond acceptors (Lipinski definition) is 3. The maximum atomic E-state index is 12.9. The number of carbonyl (C=O) groups excluding carboxylic acids is 1. The zero-order valence-corrected chi connectivity index (χ0v) is 15.1. The molecule has 0 heterocycles. The zero-order chi connectivity index (χ0) is 18.0. The molecule has 4 heteroatoms. The molecule has 3 aliphatic carbocycles. The van der Waals surface area contributed by atoms with E-state index in [1.165, 1.54) is 37.7 Å². The van der Waals surface area contributed by atoms with E-state index in [0.717, 1.165) is 12.0 Å². The summed E-state index contributed by atoms with van der Waals surface area (Å²) in [4.78, 5) is 24.6. The molecule has 3 rings (SSSR count). The van der Waals surface area contributed by atoms with Crippen LogP contribution in [0.3, 0.4) is 0 Å². The molecule has 0 aromatic rings. The van der Waals surface area contributed by atoms with Gasteiger partial charge in [-0.05, 0) is 50.6 Å². The fourth-order valence-corrected chi connectivity index (χ4v) is 4.73. The Kier molecular flexibility index (Phi) is 5.57. The standard InChI is InChI=1S/C21H29NO3/c1-13-10-18(21(24)25)19(22-2)12-16-9-8-15(11-17(16)20(13)23)14-6-4-3-5-7-14/h8-9,14,17-19,22H,1,3-7,10-12H2,2H3,(H,24,25)/t17-,18-,19?/m0/s1. The molecule has 25 heavy (non-hydrogen) atoms. The first-order valence-corrected chi connectivity index (χ1v) is 9.52. The van der Waals surface area contributed by atoms with Gasteiger partial charge in [0, 0.05) is 12.0 Å². The zero-order valence-electron chi connectivity index (χ0n) is 15.1. The van der Waals surface area contributed by atoms with Gasteiger partial charge in [0.15, 0.2) is 5.78 Å². The van der Waals surface area contributed by atoms with E-state index in [1.807, 2.05) is 0 Å². The minimum absolute atomic E-state index is 0.0495. The molecule has 2 saturated carbocycles. The van der Waals surface area contributed by atoms with Crippen molar-refractivity contribution in [3.63, 3.8) is 0 Å². The van der Waals surface area contributed by atoms with Crippen LogP contribution < -0.4 is 5.32 Å².